The Morgan fingerprint density at radius 3 is 2.49 bits per heavy atom. The van der Waals surface area contributed by atoms with Crippen molar-refractivity contribution in [1.82, 2.24) is 5.32 Å². The third-order valence-corrected chi connectivity index (χ3v) is 10.2. The van der Waals surface area contributed by atoms with E-state index in [-0.39, 0.29) is 23.8 Å². The smallest absolute Gasteiger partial charge is 0.407 e. The van der Waals surface area contributed by atoms with Gasteiger partial charge in [0.25, 0.3) is 5.06 Å². The number of carbonyl (C=O) groups is 1. The van der Waals surface area contributed by atoms with E-state index in [4.69, 9.17) is 29.4 Å². The highest BCUT2D eigenvalue weighted by atomic mass is 32.2. The molecule has 41 heavy (non-hydrogen) atoms. The van der Waals surface area contributed by atoms with Crippen LogP contribution in [0.5, 0.6) is 5.75 Å². The predicted octanol–water partition coefficient (Wildman–Crippen LogP) is 2.50. The summed E-state index contributed by atoms with van der Waals surface area (Å²) in [6.45, 7) is 0.704. The minimum Gasteiger partial charge on any atom is -0.497 e. The van der Waals surface area contributed by atoms with Crippen LogP contribution in [-0.2, 0) is 35.2 Å². The van der Waals surface area contributed by atoms with Gasteiger partial charge in [-0.25, -0.2) is 13.2 Å². The minimum atomic E-state index is -4.50. The second-order valence-corrected chi connectivity index (χ2v) is 12.9. The van der Waals surface area contributed by atoms with Crippen LogP contribution in [0.4, 0.5) is 4.79 Å². The van der Waals surface area contributed by atoms with Crippen LogP contribution < -0.4 is 15.8 Å². The van der Waals surface area contributed by atoms with Gasteiger partial charge in [0.05, 0.1) is 43.3 Å². The fourth-order valence-electron chi connectivity index (χ4n) is 5.76. The summed E-state index contributed by atoms with van der Waals surface area (Å²) >= 11 is 0. The van der Waals surface area contributed by atoms with Crippen molar-refractivity contribution < 1.29 is 42.0 Å². The molecule has 2 saturated heterocycles. The number of aliphatic hydroxyl groups excluding tert-OH is 1. The Balaban J connectivity index is 1.44. The first-order valence-electron chi connectivity index (χ1n) is 14.0. The van der Waals surface area contributed by atoms with Gasteiger partial charge < -0.3 is 34.1 Å². The second kappa shape index (κ2) is 12.6. The summed E-state index contributed by atoms with van der Waals surface area (Å²) in [5.41, 5.74) is 7.39. The molecule has 2 aliphatic heterocycles. The number of fused-ring (bicyclic) bond motifs is 1. The van der Waals surface area contributed by atoms with Gasteiger partial charge in [0.15, 0.2) is 6.29 Å². The largest absolute Gasteiger partial charge is 0.497 e. The standard InChI is InChI=1S/C29H38N2O9S/c1-36-20-11-13-22(14-12-20)41(34,35)29(30,40-21-9-5-6-10-21)26(32)24(17-19-7-3-2-4-8-19)31-28(33)39-25-18-38-27-23(25)15-16-37-27/h2-4,7-8,11-14,21,23-27,32H,5-6,9-10,15-18,30H2,1H3,(H,31,33). The molecule has 6 atom stereocenters. The highest BCUT2D eigenvalue weighted by Crippen LogP contribution is 2.35. The topological polar surface area (TPSA) is 156 Å². The Morgan fingerprint density at radius 1 is 1.10 bits per heavy atom. The van der Waals surface area contributed by atoms with Crippen molar-refractivity contribution in [2.24, 2.45) is 11.7 Å². The number of carbonyl (C=O) groups excluding carboxylic acids is 1. The van der Waals surface area contributed by atoms with Crippen LogP contribution in [0.1, 0.15) is 37.7 Å². The van der Waals surface area contributed by atoms with Gasteiger partial charge in [-0.15, -0.1) is 0 Å². The Hall–Kier alpha value is -2.74. The molecule has 1 aliphatic carbocycles. The third-order valence-electron chi connectivity index (χ3n) is 8.08. The monoisotopic (exact) mass is 590 g/mol. The molecule has 5 rings (SSSR count). The molecule has 1 saturated carbocycles. The van der Waals surface area contributed by atoms with Gasteiger partial charge >= 0.3 is 6.09 Å². The quantitative estimate of drug-likeness (QED) is 0.332. The van der Waals surface area contributed by atoms with E-state index in [9.17, 15) is 18.3 Å². The number of methoxy groups -OCH3 is 1. The maximum Gasteiger partial charge on any atom is 0.407 e. The van der Waals surface area contributed by atoms with Crippen LogP contribution >= 0.6 is 0 Å². The van der Waals surface area contributed by atoms with E-state index in [0.29, 0.717) is 31.6 Å². The molecule has 3 fully saturated rings. The molecule has 1 amide bonds. The lowest BCUT2D eigenvalue weighted by Crippen LogP contribution is -2.66. The zero-order valence-corrected chi connectivity index (χ0v) is 23.8. The van der Waals surface area contributed by atoms with E-state index in [1.165, 1.54) is 31.4 Å². The number of nitrogens with two attached hydrogens (primary N) is 1. The van der Waals surface area contributed by atoms with Crippen LogP contribution in [0, 0.1) is 5.92 Å². The molecule has 0 radical (unpaired) electrons. The lowest BCUT2D eigenvalue weighted by molar-refractivity contribution is -0.110. The summed E-state index contributed by atoms with van der Waals surface area (Å²) in [5, 5.41) is 12.0. The molecular weight excluding hydrogens is 552 g/mol. The fourth-order valence-corrected chi connectivity index (χ4v) is 7.37. The molecule has 11 nitrogen and oxygen atoms in total. The molecule has 12 heteroatoms. The van der Waals surface area contributed by atoms with Gasteiger partial charge in [0.2, 0.25) is 9.84 Å². The zero-order chi connectivity index (χ0) is 29.0. The predicted molar refractivity (Wildman–Crippen MR) is 148 cm³/mol. The normalized spacial score (nSPS) is 25.7. The summed E-state index contributed by atoms with van der Waals surface area (Å²) in [6.07, 6.45) is -0.424. The maximum atomic E-state index is 14.1. The van der Waals surface area contributed by atoms with Gasteiger partial charge in [-0.2, -0.15) is 0 Å². The molecule has 0 aromatic heterocycles. The lowest BCUT2D eigenvalue weighted by Gasteiger charge is -2.39. The Bertz CT molecular complexity index is 1270. The van der Waals surface area contributed by atoms with Crippen molar-refractivity contribution in [3.05, 3.63) is 60.2 Å². The van der Waals surface area contributed by atoms with Gasteiger partial charge in [-0.3, -0.25) is 5.73 Å². The Morgan fingerprint density at radius 2 is 1.80 bits per heavy atom. The average Bonchev–Trinajstić information content (AvgIpc) is 3.74. The fraction of sp³-hybridized carbons (Fsp3) is 0.552. The molecule has 6 unspecified atom stereocenters. The summed E-state index contributed by atoms with van der Waals surface area (Å²) in [5.74, 6) is 0.369. The van der Waals surface area contributed by atoms with E-state index >= 15 is 0 Å². The Labute approximate surface area is 240 Å². The molecular formula is C29H38N2O9S. The van der Waals surface area contributed by atoms with Gasteiger partial charge in [-0.1, -0.05) is 43.2 Å². The number of hydrogen-bond acceptors (Lipinski definition) is 10. The first-order valence-corrected chi connectivity index (χ1v) is 15.5. The van der Waals surface area contributed by atoms with E-state index in [1.807, 2.05) is 30.3 Å². The molecule has 3 aliphatic rings. The SMILES string of the molecule is COc1ccc(S(=O)(=O)C(N)(OC2CCCC2)C(O)C(Cc2ccccc2)NC(=O)OC2COC3OCCC23)cc1. The number of hydrogen-bond donors (Lipinski definition) is 3. The number of benzene rings is 2. The molecule has 0 spiro atoms. The van der Waals surface area contributed by atoms with Crippen LogP contribution in [0.3, 0.4) is 0 Å². The van der Waals surface area contributed by atoms with E-state index in [1.54, 1.807) is 0 Å². The van der Waals surface area contributed by atoms with E-state index in [2.05, 4.69) is 5.32 Å². The third kappa shape index (κ3) is 6.37. The van der Waals surface area contributed by atoms with Crippen molar-refractivity contribution in [2.75, 3.05) is 20.3 Å². The molecule has 2 aromatic rings. The molecule has 2 aromatic carbocycles. The van der Waals surface area contributed by atoms with Crippen molar-refractivity contribution in [3.8, 4) is 5.75 Å². The van der Waals surface area contributed by atoms with Crippen LogP contribution in [0.15, 0.2) is 59.5 Å². The van der Waals surface area contributed by atoms with Crippen molar-refractivity contribution in [3.63, 3.8) is 0 Å². The highest BCUT2D eigenvalue weighted by Gasteiger charge is 2.54. The van der Waals surface area contributed by atoms with Crippen molar-refractivity contribution in [1.29, 1.82) is 0 Å². The van der Waals surface area contributed by atoms with Crippen LogP contribution in [-0.4, -0.2) is 75.6 Å². The summed E-state index contributed by atoms with van der Waals surface area (Å²) in [7, 11) is -3.03. The first kappa shape index (κ1) is 29.7. The number of amides is 1. The summed E-state index contributed by atoms with van der Waals surface area (Å²) in [4.78, 5) is 13.0. The van der Waals surface area contributed by atoms with Crippen molar-refractivity contribution >= 4 is 15.9 Å². The second-order valence-electron chi connectivity index (χ2n) is 10.8. The molecule has 4 N–H and O–H groups in total. The number of ether oxygens (including phenoxy) is 5. The van der Waals surface area contributed by atoms with Gasteiger partial charge in [-0.05, 0) is 55.5 Å². The summed E-state index contributed by atoms with van der Waals surface area (Å²) < 4.78 is 56.2. The van der Waals surface area contributed by atoms with E-state index in [0.717, 1.165) is 18.4 Å². The van der Waals surface area contributed by atoms with Crippen molar-refractivity contribution in [2.45, 2.75) is 79.1 Å². The number of aliphatic hydroxyl groups is 1. The Kier molecular flexibility index (Phi) is 9.17. The molecule has 224 valence electrons. The highest BCUT2D eigenvalue weighted by molar-refractivity contribution is 7.92. The molecule has 2 heterocycles. The average molecular weight is 591 g/mol. The number of alkyl carbamates (subject to hydrolysis) is 1. The number of nitrogens with one attached hydrogen (secondary N) is 1. The maximum absolute atomic E-state index is 14.1. The first-order chi connectivity index (χ1) is 19.7. The zero-order valence-electron chi connectivity index (χ0n) is 23.0. The van der Waals surface area contributed by atoms with Crippen LogP contribution in [0.25, 0.3) is 0 Å². The molecule has 0 bridgehead atoms. The van der Waals surface area contributed by atoms with Crippen LogP contribution in [0.2, 0.25) is 0 Å². The van der Waals surface area contributed by atoms with Gasteiger partial charge in [0, 0.05) is 0 Å². The lowest BCUT2D eigenvalue weighted by atomic mass is 10.00. The number of sulfone groups is 1. The number of rotatable bonds is 11. The van der Waals surface area contributed by atoms with E-state index < -0.39 is 51.6 Å². The summed E-state index contributed by atoms with van der Waals surface area (Å²) in [6, 6.07) is 13.6. The minimum absolute atomic E-state index is 0.0680. The van der Waals surface area contributed by atoms with Gasteiger partial charge in [0.1, 0.15) is 18.0 Å².